The molecule has 2 N–H and O–H groups in total. The summed E-state index contributed by atoms with van der Waals surface area (Å²) in [5.41, 5.74) is 2.67. The van der Waals surface area contributed by atoms with Crippen LogP contribution in [-0.4, -0.2) is 20.9 Å². The van der Waals surface area contributed by atoms with Crippen LogP contribution < -0.4 is 10.0 Å². The number of benzene rings is 2. The van der Waals surface area contributed by atoms with Crippen LogP contribution in [0.1, 0.15) is 42.5 Å². The molecule has 0 heterocycles. The van der Waals surface area contributed by atoms with Gasteiger partial charge in [-0.25, -0.2) is 13.1 Å². The number of hydrogen-bond acceptors (Lipinski definition) is 3. The highest BCUT2D eigenvalue weighted by Crippen LogP contribution is 2.46. The van der Waals surface area contributed by atoms with Gasteiger partial charge in [-0.2, -0.15) is 0 Å². The van der Waals surface area contributed by atoms with Gasteiger partial charge in [-0.3, -0.25) is 4.79 Å². The van der Waals surface area contributed by atoms with Gasteiger partial charge in [0.2, 0.25) is 15.9 Å². The summed E-state index contributed by atoms with van der Waals surface area (Å²) >= 11 is 0. The van der Waals surface area contributed by atoms with Crippen LogP contribution in [0.25, 0.3) is 0 Å². The van der Waals surface area contributed by atoms with Crippen LogP contribution in [0.15, 0.2) is 53.4 Å². The Kier molecular flexibility index (Phi) is 6.20. The van der Waals surface area contributed by atoms with E-state index in [-0.39, 0.29) is 29.8 Å². The van der Waals surface area contributed by atoms with Crippen molar-refractivity contribution in [3.8, 4) is 0 Å². The van der Waals surface area contributed by atoms with Crippen molar-refractivity contribution in [2.24, 2.45) is 11.8 Å². The highest BCUT2D eigenvalue weighted by atomic mass is 32.2. The van der Waals surface area contributed by atoms with Gasteiger partial charge in [-0.15, -0.1) is 0 Å². The van der Waals surface area contributed by atoms with E-state index < -0.39 is 10.0 Å². The number of rotatable bonds is 8. The van der Waals surface area contributed by atoms with E-state index in [2.05, 4.69) is 17.0 Å². The molecular weight excluding hydrogens is 372 g/mol. The molecular formula is C22H28N2O3S. The van der Waals surface area contributed by atoms with Crippen LogP contribution in [-0.2, 0) is 14.8 Å². The molecule has 1 aliphatic carbocycles. The normalized spacial score (nSPS) is 19.8. The van der Waals surface area contributed by atoms with Crippen molar-refractivity contribution in [3.63, 3.8) is 0 Å². The van der Waals surface area contributed by atoms with Crippen molar-refractivity contribution < 1.29 is 13.2 Å². The van der Waals surface area contributed by atoms with Gasteiger partial charge in [-0.1, -0.05) is 49.4 Å². The fourth-order valence-electron chi connectivity index (χ4n) is 3.53. The van der Waals surface area contributed by atoms with Crippen LogP contribution in [0, 0.1) is 25.7 Å². The fourth-order valence-corrected chi connectivity index (χ4v) is 4.89. The summed E-state index contributed by atoms with van der Waals surface area (Å²) < 4.78 is 27.6. The van der Waals surface area contributed by atoms with E-state index in [1.807, 2.05) is 43.3 Å². The van der Waals surface area contributed by atoms with Crippen molar-refractivity contribution in [1.29, 1.82) is 0 Å². The van der Waals surface area contributed by atoms with E-state index >= 15 is 0 Å². The summed E-state index contributed by atoms with van der Waals surface area (Å²) in [6, 6.07) is 15.3. The lowest BCUT2D eigenvalue weighted by molar-refractivity contribution is -0.121. The summed E-state index contributed by atoms with van der Waals surface area (Å²) in [4.78, 5) is 12.7. The van der Waals surface area contributed by atoms with Gasteiger partial charge in [0.15, 0.2) is 0 Å². The molecule has 1 saturated carbocycles. The van der Waals surface area contributed by atoms with Gasteiger partial charge in [0.05, 0.1) is 10.9 Å². The third-order valence-electron chi connectivity index (χ3n) is 5.35. The zero-order valence-electron chi connectivity index (χ0n) is 16.6. The maximum absolute atomic E-state index is 12.5. The smallest absolute Gasteiger partial charge is 0.240 e. The van der Waals surface area contributed by atoms with Crippen molar-refractivity contribution in [1.82, 2.24) is 10.0 Å². The second kappa shape index (κ2) is 8.45. The average Bonchev–Trinajstić information content (AvgIpc) is 3.38. The Morgan fingerprint density at radius 3 is 2.46 bits per heavy atom. The predicted octanol–water partition coefficient (Wildman–Crippen LogP) is 3.49. The summed E-state index contributed by atoms with van der Waals surface area (Å²) in [6.45, 7) is 5.88. The number of nitrogens with one attached hydrogen (secondary N) is 2. The number of amides is 1. The molecule has 1 amide bonds. The van der Waals surface area contributed by atoms with Crippen LogP contribution in [0.5, 0.6) is 0 Å². The molecule has 3 unspecified atom stereocenters. The number of carbonyl (C=O) groups is 1. The van der Waals surface area contributed by atoms with Crippen LogP contribution in [0.4, 0.5) is 0 Å². The molecule has 0 spiro atoms. The Morgan fingerprint density at radius 2 is 1.82 bits per heavy atom. The summed E-state index contributed by atoms with van der Waals surface area (Å²) in [5, 5.41) is 3.10. The second-order valence-electron chi connectivity index (χ2n) is 7.75. The van der Waals surface area contributed by atoms with Crippen molar-refractivity contribution in [2.75, 3.05) is 6.54 Å². The van der Waals surface area contributed by atoms with Crippen LogP contribution in [0.3, 0.4) is 0 Å². The summed E-state index contributed by atoms with van der Waals surface area (Å²) in [5.74, 6) is 0.892. The Hall–Kier alpha value is -2.18. The molecule has 6 heteroatoms. The van der Waals surface area contributed by atoms with E-state index in [0.717, 1.165) is 17.5 Å². The molecule has 2 aromatic rings. The molecule has 5 nitrogen and oxygen atoms in total. The van der Waals surface area contributed by atoms with Crippen LogP contribution >= 0.6 is 0 Å². The molecule has 0 radical (unpaired) electrons. The van der Waals surface area contributed by atoms with Gasteiger partial charge in [-0.05, 0) is 54.9 Å². The summed E-state index contributed by atoms with van der Waals surface area (Å²) in [7, 11) is -3.63. The van der Waals surface area contributed by atoms with Crippen molar-refractivity contribution in [3.05, 3.63) is 65.2 Å². The molecule has 1 aliphatic rings. The molecule has 0 saturated heterocycles. The minimum absolute atomic E-state index is 0.0145. The molecule has 0 aliphatic heterocycles. The third kappa shape index (κ3) is 5.00. The molecule has 0 aromatic heterocycles. The van der Waals surface area contributed by atoms with Crippen molar-refractivity contribution in [2.45, 2.75) is 44.6 Å². The minimum atomic E-state index is -3.63. The lowest BCUT2D eigenvalue weighted by Crippen LogP contribution is -2.34. The average molecular weight is 401 g/mol. The lowest BCUT2D eigenvalue weighted by atomic mass is 10.0. The zero-order valence-corrected chi connectivity index (χ0v) is 17.4. The molecule has 3 rings (SSSR count). The van der Waals surface area contributed by atoms with Gasteiger partial charge in [0, 0.05) is 13.0 Å². The highest BCUT2D eigenvalue weighted by Gasteiger charge is 2.40. The molecule has 3 atom stereocenters. The van der Waals surface area contributed by atoms with E-state index in [1.54, 1.807) is 19.1 Å². The largest absolute Gasteiger partial charge is 0.349 e. The maximum atomic E-state index is 12.5. The second-order valence-corrected chi connectivity index (χ2v) is 9.48. The first-order valence-corrected chi connectivity index (χ1v) is 11.2. The lowest BCUT2D eigenvalue weighted by Gasteiger charge is -2.19. The Labute approximate surface area is 167 Å². The minimum Gasteiger partial charge on any atom is -0.349 e. The first kappa shape index (κ1) is 20.6. The Bertz CT molecular complexity index is 942. The molecule has 0 bridgehead atoms. The number of sulfonamides is 1. The monoisotopic (exact) mass is 400 g/mol. The first-order chi connectivity index (χ1) is 13.3. The van der Waals surface area contributed by atoms with Crippen molar-refractivity contribution >= 4 is 15.9 Å². The standard InChI is InChI=1S/C22H28N2O3S/c1-15-9-10-16(2)20(13-15)28(26,27)23-12-11-21(25)24-22(19-14-17(19)3)18-7-5-4-6-8-18/h4-10,13,17,19,22-23H,11-12,14H2,1-3H3,(H,24,25). The summed E-state index contributed by atoms with van der Waals surface area (Å²) in [6.07, 6.45) is 1.20. The number of aryl methyl sites for hydroxylation is 2. The van der Waals surface area contributed by atoms with Gasteiger partial charge in [0.25, 0.3) is 0 Å². The van der Waals surface area contributed by atoms with Crippen LogP contribution in [0.2, 0.25) is 0 Å². The molecule has 28 heavy (non-hydrogen) atoms. The predicted molar refractivity (Wildman–Crippen MR) is 110 cm³/mol. The van der Waals surface area contributed by atoms with Gasteiger partial charge in [0.1, 0.15) is 0 Å². The fraction of sp³-hybridized carbons (Fsp3) is 0.409. The van der Waals surface area contributed by atoms with Gasteiger partial charge < -0.3 is 5.32 Å². The SMILES string of the molecule is Cc1ccc(C)c(S(=O)(=O)NCCC(=O)NC(c2ccccc2)C2CC2C)c1. The van der Waals surface area contributed by atoms with Gasteiger partial charge >= 0.3 is 0 Å². The Balaban J connectivity index is 1.58. The quantitative estimate of drug-likeness (QED) is 0.712. The van der Waals surface area contributed by atoms with E-state index in [1.165, 1.54) is 0 Å². The van der Waals surface area contributed by atoms with E-state index in [0.29, 0.717) is 17.4 Å². The van der Waals surface area contributed by atoms with E-state index in [4.69, 9.17) is 0 Å². The van der Waals surface area contributed by atoms with E-state index in [9.17, 15) is 13.2 Å². The number of hydrogen-bond donors (Lipinski definition) is 2. The first-order valence-electron chi connectivity index (χ1n) is 9.69. The molecule has 2 aromatic carbocycles. The maximum Gasteiger partial charge on any atom is 0.240 e. The highest BCUT2D eigenvalue weighted by molar-refractivity contribution is 7.89. The molecule has 150 valence electrons. The number of carbonyl (C=O) groups excluding carboxylic acids is 1. The topological polar surface area (TPSA) is 75.3 Å². The molecule has 1 fully saturated rings. The third-order valence-corrected chi connectivity index (χ3v) is 6.96. The zero-order chi connectivity index (χ0) is 20.3. The Morgan fingerprint density at radius 1 is 1.14 bits per heavy atom.